The van der Waals surface area contributed by atoms with E-state index in [0.29, 0.717) is 40.8 Å². The van der Waals surface area contributed by atoms with E-state index in [1.165, 1.54) is 23.5 Å². The molecule has 4 nitrogen and oxygen atoms in total. The van der Waals surface area contributed by atoms with Crippen LogP contribution in [0.2, 0.25) is 0 Å². The Balaban J connectivity index is -0.000000632. The fourth-order valence-electron chi connectivity index (χ4n) is 7.04. The van der Waals surface area contributed by atoms with E-state index in [-0.39, 0.29) is 158 Å². The van der Waals surface area contributed by atoms with Gasteiger partial charge in [-0.15, -0.1) is 5.75 Å². The molecule has 7 rings (SSSR count). The Bertz CT molecular complexity index is 2070. The number of aromatic hydroxyl groups is 2. The van der Waals surface area contributed by atoms with Gasteiger partial charge in [0, 0.05) is 124 Å². The summed E-state index contributed by atoms with van der Waals surface area (Å²) < 4.78 is 5.85. The van der Waals surface area contributed by atoms with Crippen LogP contribution in [0.1, 0.15) is 98.2 Å². The number of aryl methyl sites for hydroxylation is 2. The zero-order chi connectivity index (χ0) is 42.1. The van der Waals surface area contributed by atoms with Crippen LogP contribution in [-0.4, -0.2) is 22.7 Å². The van der Waals surface area contributed by atoms with Gasteiger partial charge in [0.2, 0.25) is 0 Å². The van der Waals surface area contributed by atoms with Crippen LogP contribution in [0.15, 0.2) is 109 Å². The van der Waals surface area contributed by atoms with Crippen molar-refractivity contribution in [2.24, 2.45) is 0 Å². The maximum atomic E-state index is 14.1. The molecule has 0 saturated heterocycles. The number of phenolic OH excluding ortho intramolecular Hbond substituents is 2. The number of phenols is 2. The molecule has 64 heavy (non-hydrogen) atoms. The second-order valence-electron chi connectivity index (χ2n) is 13.3. The first-order valence-corrected chi connectivity index (χ1v) is 22.1. The number of thioether (sulfide) groups is 2. The van der Waals surface area contributed by atoms with E-state index >= 15 is 0 Å². The van der Waals surface area contributed by atoms with Crippen LogP contribution in [-0.2, 0) is 124 Å². The molecule has 0 amide bonds. The first kappa shape index (κ1) is 71.5. The Morgan fingerprint density at radius 3 is 1.00 bits per heavy atom. The smallest absolute Gasteiger partial charge is 0.122 e. The molecule has 3 radical (unpaired) electrons. The van der Waals surface area contributed by atoms with Crippen molar-refractivity contribution >= 4 is 23.5 Å². The molecule has 0 fully saturated rings. The summed E-state index contributed by atoms with van der Waals surface area (Å²) in [6, 6.07) is 36.1. The molecule has 2 N–H and O–H groups in total. The molecule has 6 aromatic rings. The van der Waals surface area contributed by atoms with Crippen molar-refractivity contribution in [1.29, 1.82) is 0 Å². The van der Waals surface area contributed by atoms with Gasteiger partial charge in [-0.3, -0.25) is 12.5 Å². The van der Waals surface area contributed by atoms with Gasteiger partial charge in [-0.25, -0.2) is 0 Å². The van der Waals surface area contributed by atoms with E-state index in [4.69, 9.17) is 4.74 Å². The zero-order valence-corrected chi connectivity index (χ0v) is 48.7. The Labute approximate surface area is 475 Å². The third kappa shape index (κ3) is 19.6. The molecule has 0 aromatic heterocycles. The molecule has 0 saturated carbocycles. The van der Waals surface area contributed by atoms with E-state index in [0.717, 1.165) is 55.6 Å². The van der Waals surface area contributed by atoms with Crippen molar-refractivity contribution in [2.75, 3.05) is 12.5 Å². The topological polar surface area (TPSA) is 72.8 Å². The largest absolute Gasteiger partial charge is 0.872 e. The zero-order valence-electron chi connectivity index (χ0n) is 38.6. The predicted molar refractivity (Wildman–Crippen MR) is 273 cm³/mol. The average molecular weight is 1130 g/mol. The molecule has 0 atom stereocenters. The molecule has 6 aromatic carbocycles. The Morgan fingerprint density at radius 2 is 0.734 bits per heavy atom. The third-order valence-corrected chi connectivity index (χ3v) is 9.19. The number of ether oxygens (including phenoxy) is 1. The second-order valence-corrected chi connectivity index (χ2v) is 14.4. The quantitative estimate of drug-likeness (QED) is 0.172. The van der Waals surface area contributed by atoms with E-state index in [2.05, 4.69) is 43.9 Å². The van der Waals surface area contributed by atoms with E-state index in [1.54, 1.807) is 0 Å². The van der Waals surface area contributed by atoms with Gasteiger partial charge in [-0.2, -0.15) is 7.11 Å². The summed E-state index contributed by atoms with van der Waals surface area (Å²) in [4.78, 5) is 0. The van der Waals surface area contributed by atoms with Gasteiger partial charge in [-0.1, -0.05) is 162 Å². The molecule has 0 spiro atoms. The molecule has 1 aliphatic carbocycles. The first-order valence-electron chi connectivity index (χ1n) is 19.3. The average Bonchev–Trinajstić information content (AvgIpc) is 3.22. The summed E-state index contributed by atoms with van der Waals surface area (Å²) in [7, 11) is 3.83. The van der Waals surface area contributed by atoms with Crippen molar-refractivity contribution in [3.8, 4) is 45.3 Å². The van der Waals surface area contributed by atoms with E-state index < -0.39 is 0 Å². The van der Waals surface area contributed by atoms with Crippen LogP contribution < -0.4 is 9.84 Å². The SMILES string of the molecule is C.C.CC.CC.[CH2-]Oc1c2cc(-c3ccccc3)cc1Cc1cc(C)cc(c1O)Cc1cc(-c3ccccc3)cc(c1[O-])Cc1cc(C)cc(c1O)C2.[CH2-]SC.[CH2-]SC.[CH3-].[CH3-].[Y].[Y].[Y]. The van der Waals surface area contributed by atoms with Crippen molar-refractivity contribution in [3.63, 3.8) is 0 Å². The molecule has 1 aliphatic rings. The molecule has 0 unspecified atom stereocenters. The number of rotatable bonds is 3. The number of benzene rings is 6. The minimum Gasteiger partial charge on any atom is -0.872 e. The normalized spacial score (nSPS) is 9.92. The van der Waals surface area contributed by atoms with Gasteiger partial charge >= 0.3 is 0 Å². The van der Waals surface area contributed by atoms with Gasteiger partial charge in [0.25, 0.3) is 0 Å². The van der Waals surface area contributed by atoms with Crippen LogP contribution in [0.25, 0.3) is 22.3 Å². The van der Waals surface area contributed by atoms with Gasteiger partial charge in [-0.05, 0) is 94.1 Å². The predicted octanol–water partition coefficient (Wildman–Crippen LogP) is 15.5. The maximum Gasteiger partial charge on any atom is 0.122 e. The summed E-state index contributed by atoms with van der Waals surface area (Å²) in [6.07, 6.45) is 12.0. The van der Waals surface area contributed by atoms with Crippen LogP contribution in [0.5, 0.6) is 23.0 Å². The Morgan fingerprint density at radius 1 is 0.484 bits per heavy atom. The summed E-state index contributed by atoms with van der Waals surface area (Å²) in [5, 5.41) is 37.6. The molecule has 8 bridgehead atoms. The molecule has 0 aliphatic heterocycles. The summed E-state index contributed by atoms with van der Waals surface area (Å²) in [6.45, 7) is 12.0. The van der Waals surface area contributed by atoms with Gasteiger partial charge < -0.3 is 58.4 Å². The maximum absolute atomic E-state index is 14.1. The van der Waals surface area contributed by atoms with E-state index in [1.807, 2.05) is 139 Å². The van der Waals surface area contributed by atoms with Crippen LogP contribution in [0.4, 0.5) is 0 Å². The van der Waals surface area contributed by atoms with Gasteiger partial charge in [0.15, 0.2) is 0 Å². The number of hydrogen-bond acceptors (Lipinski definition) is 6. The Hall–Kier alpha value is -1.47. The van der Waals surface area contributed by atoms with Crippen molar-refractivity contribution < 1.29 is 118 Å². The number of hydrogen-bond donors (Lipinski definition) is 2. The van der Waals surface area contributed by atoms with Crippen molar-refractivity contribution in [3.05, 3.63) is 199 Å². The standard InChI is InChI=1S/C43H37O4.2C2H5S.2C2H6.2CH4.2CH3.3Y/c1-26-14-32-22-36-18-30(28-10-6-4-7-11-28)19-37(42(36)46)23-33-15-27(2)17-35(41(33)45)25-39-21-31(29-12-8-5-9-13-29)20-38(43(39)47-3)24-34(16-26)40(32)44;2*1-3-2;2*1-2;;;;;;;/h4-21,44-46H,3,22-25H2,1-2H3;2*1H2,2H3;2*1-2H3;2*1H4;2*1H3;;;/q3*-1;;;;;2*-1;;;/p-1. The Kier molecular flexibility index (Phi) is 41.9. The minimum absolute atomic E-state index is 0. The number of fused-ring (bicyclic) bond motifs is 8. The van der Waals surface area contributed by atoms with E-state index in [9.17, 15) is 15.3 Å². The summed E-state index contributed by atoms with van der Waals surface area (Å²) >= 11 is 3.00. The van der Waals surface area contributed by atoms with Crippen LogP contribution in [0, 0.1) is 48.3 Å². The second kappa shape index (κ2) is 37.5. The van der Waals surface area contributed by atoms with Crippen molar-refractivity contribution in [2.45, 2.75) is 82.1 Å². The summed E-state index contributed by atoms with van der Waals surface area (Å²) in [5.41, 5.74) is 11.8. The first-order chi connectivity index (χ1) is 27.6. The molecular weight excluding hydrogens is 1060 g/mol. The van der Waals surface area contributed by atoms with Crippen LogP contribution >= 0.6 is 23.5 Å². The van der Waals surface area contributed by atoms with Crippen molar-refractivity contribution in [1.82, 2.24) is 0 Å². The molecule has 0 heterocycles. The molecular formula is C55H72O4S2Y3-6. The fourth-order valence-corrected chi connectivity index (χ4v) is 7.04. The monoisotopic (exact) mass is 1130 g/mol. The third-order valence-electron chi connectivity index (χ3n) is 9.19. The minimum atomic E-state index is -0.0767. The summed E-state index contributed by atoms with van der Waals surface area (Å²) in [5.74, 6) is 0.899. The fraction of sp³-hybridized carbons (Fsp3) is 0.255. The van der Waals surface area contributed by atoms with Gasteiger partial charge in [0.1, 0.15) is 11.5 Å². The van der Waals surface area contributed by atoms with Gasteiger partial charge in [0.05, 0.1) is 5.75 Å². The molecule has 343 valence electrons. The van der Waals surface area contributed by atoms with Crippen LogP contribution in [0.3, 0.4) is 0 Å². The molecule has 9 heteroatoms.